The van der Waals surface area contributed by atoms with E-state index in [1.807, 2.05) is 61.5 Å². The average Bonchev–Trinajstić information content (AvgIpc) is 2.99. The van der Waals surface area contributed by atoms with Crippen molar-refractivity contribution in [2.24, 2.45) is 9.98 Å². The van der Waals surface area contributed by atoms with E-state index in [4.69, 9.17) is 4.99 Å². The van der Waals surface area contributed by atoms with Crippen LogP contribution in [0.3, 0.4) is 0 Å². The van der Waals surface area contributed by atoms with Crippen LogP contribution in [0.4, 0.5) is 5.69 Å². The first-order valence-electron chi connectivity index (χ1n) is 12.8. The highest BCUT2D eigenvalue weighted by Crippen LogP contribution is 2.38. The quantitative estimate of drug-likeness (QED) is 0.176. The number of nitriles is 1. The summed E-state index contributed by atoms with van der Waals surface area (Å²) in [6, 6.07) is 43.6. The summed E-state index contributed by atoms with van der Waals surface area (Å²) in [5.74, 6) is 0.586. The Morgan fingerprint density at radius 3 is 1.95 bits per heavy atom. The fraction of sp³-hybridized carbons (Fsp3) is 0.0278. The molecule has 0 radical (unpaired) electrons. The molecule has 0 aliphatic rings. The zero-order valence-electron chi connectivity index (χ0n) is 21.6. The topological polar surface area (TPSA) is 48.5 Å². The summed E-state index contributed by atoms with van der Waals surface area (Å²) in [4.78, 5) is 9.34. The fourth-order valence-corrected chi connectivity index (χ4v) is 5.08. The molecule has 39 heavy (non-hydrogen) atoms. The first kappa shape index (κ1) is 24.0. The van der Waals surface area contributed by atoms with E-state index in [0.29, 0.717) is 11.4 Å². The first-order valence-corrected chi connectivity index (χ1v) is 12.8. The van der Waals surface area contributed by atoms with Gasteiger partial charge in [0.2, 0.25) is 0 Å². The highest BCUT2D eigenvalue weighted by Gasteiger charge is 2.15. The fourth-order valence-electron chi connectivity index (χ4n) is 5.08. The summed E-state index contributed by atoms with van der Waals surface area (Å²) in [5.41, 5.74) is 7.85. The zero-order valence-corrected chi connectivity index (χ0v) is 21.6. The molecule has 0 heterocycles. The minimum atomic E-state index is 0.586. The number of hydrogen-bond donors (Lipinski definition) is 0. The van der Waals surface area contributed by atoms with Crippen molar-refractivity contribution in [2.75, 3.05) is 0 Å². The Kier molecular flexibility index (Phi) is 6.29. The van der Waals surface area contributed by atoms with Crippen LogP contribution < -0.4 is 0 Å². The predicted molar refractivity (Wildman–Crippen MR) is 164 cm³/mol. The summed E-state index contributed by atoms with van der Waals surface area (Å²) in [6.45, 7) is 5.94. The molecule has 0 fully saturated rings. The van der Waals surface area contributed by atoms with Gasteiger partial charge < -0.3 is 0 Å². The number of benzene rings is 6. The first-order chi connectivity index (χ1) is 19.1. The molecule has 0 amide bonds. The summed E-state index contributed by atoms with van der Waals surface area (Å²) >= 11 is 0. The van der Waals surface area contributed by atoms with Gasteiger partial charge in [0.15, 0.2) is 5.84 Å². The van der Waals surface area contributed by atoms with Gasteiger partial charge in [0.1, 0.15) is 0 Å². The van der Waals surface area contributed by atoms with E-state index in [1.165, 1.54) is 0 Å². The lowest BCUT2D eigenvalue weighted by Gasteiger charge is -2.16. The van der Waals surface area contributed by atoms with Crippen molar-refractivity contribution in [3.8, 4) is 28.3 Å². The molecule has 0 aromatic heterocycles. The highest BCUT2D eigenvalue weighted by molar-refractivity contribution is 6.14. The third kappa shape index (κ3) is 4.61. The van der Waals surface area contributed by atoms with Crippen molar-refractivity contribution in [3.63, 3.8) is 0 Å². The van der Waals surface area contributed by atoms with Crippen LogP contribution in [0.2, 0.25) is 0 Å². The van der Waals surface area contributed by atoms with Gasteiger partial charge in [-0.25, -0.2) is 9.98 Å². The van der Waals surface area contributed by atoms with Crippen LogP contribution in [0, 0.1) is 18.3 Å². The average molecular weight is 500 g/mol. The molecule has 6 aromatic carbocycles. The second-order valence-corrected chi connectivity index (χ2v) is 9.56. The maximum atomic E-state index is 9.33. The molecule has 6 rings (SSSR count). The molecular weight excluding hydrogens is 474 g/mol. The summed E-state index contributed by atoms with van der Waals surface area (Å²) in [7, 11) is 0. The molecule has 0 aliphatic carbocycles. The Labute approximate surface area is 228 Å². The van der Waals surface area contributed by atoms with Crippen molar-refractivity contribution < 1.29 is 0 Å². The number of amidine groups is 1. The monoisotopic (exact) mass is 499 g/mol. The number of hydrogen-bond acceptors (Lipinski definition) is 2. The zero-order chi connectivity index (χ0) is 26.8. The molecule has 0 spiro atoms. The van der Waals surface area contributed by atoms with Gasteiger partial charge in [-0.3, -0.25) is 0 Å². The van der Waals surface area contributed by atoms with Gasteiger partial charge in [-0.1, -0.05) is 78.9 Å². The highest BCUT2D eigenvalue weighted by atomic mass is 14.9. The molecular formula is C36H25N3. The number of para-hydroxylation sites is 1. The Morgan fingerprint density at radius 2 is 1.28 bits per heavy atom. The predicted octanol–water partition coefficient (Wildman–Crippen LogP) is 9.29. The van der Waals surface area contributed by atoms with Crippen LogP contribution in [0.15, 0.2) is 131 Å². The second kappa shape index (κ2) is 10.2. The molecule has 3 nitrogen and oxygen atoms in total. The second-order valence-electron chi connectivity index (χ2n) is 9.56. The van der Waals surface area contributed by atoms with Gasteiger partial charge in [0.05, 0.1) is 17.3 Å². The van der Waals surface area contributed by atoms with Gasteiger partial charge >= 0.3 is 0 Å². The van der Waals surface area contributed by atoms with Crippen molar-refractivity contribution >= 4 is 39.8 Å². The minimum absolute atomic E-state index is 0.586. The lowest BCUT2D eigenvalue weighted by atomic mass is 9.89. The lowest BCUT2D eigenvalue weighted by molar-refractivity contribution is 1.38. The van der Waals surface area contributed by atoms with Crippen LogP contribution in [0.5, 0.6) is 0 Å². The lowest BCUT2D eigenvalue weighted by Crippen LogP contribution is -1.99. The number of fused-ring (bicyclic) bond motifs is 2. The number of nitrogens with zero attached hydrogens (tertiary/aromatic N) is 3. The standard InChI is InChI=1S/C36H25N3/c1-24-9-3-8-14-35(24)39-36(38-2)34-22-30(19-29-12-6-7-13-31(29)34)33-21-28-11-5-4-10-27(28)20-32(33)26-17-15-25(23-37)16-18-26/h3-22H,2H2,1H3. The molecule has 0 unspecified atom stereocenters. The Morgan fingerprint density at radius 1 is 0.667 bits per heavy atom. The van der Waals surface area contributed by atoms with E-state index in [9.17, 15) is 5.26 Å². The van der Waals surface area contributed by atoms with Crippen molar-refractivity contribution in [1.82, 2.24) is 0 Å². The number of rotatable bonds is 4. The van der Waals surface area contributed by atoms with Crippen molar-refractivity contribution in [2.45, 2.75) is 6.92 Å². The third-order valence-corrected chi connectivity index (χ3v) is 7.12. The Balaban J connectivity index is 1.63. The SMILES string of the molecule is C=NC(=Nc1ccccc1C)c1cc(-c2cc3ccccc3cc2-c2ccc(C#N)cc2)cc2ccccc12. The van der Waals surface area contributed by atoms with E-state index >= 15 is 0 Å². The maximum absolute atomic E-state index is 9.33. The van der Waals surface area contributed by atoms with E-state index in [2.05, 4.69) is 84.5 Å². The summed E-state index contributed by atoms with van der Waals surface area (Å²) < 4.78 is 0. The molecule has 0 bridgehead atoms. The van der Waals surface area contributed by atoms with Crippen molar-refractivity contribution in [3.05, 3.63) is 138 Å². The van der Waals surface area contributed by atoms with Gasteiger partial charge in [-0.15, -0.1) is 0 Å². The van der Waals surface area contributed by atoms with E-state index < -0.39 is 0 Å². The third-order valence-electron chi connectivity index (χ3n) is 7.12. The Bertz CT molecular complexity index is 1940. The van der Waals surface area contributed by atoms with Gasteiger partial charge in [-0.2, -0.15) is 5.26 Å². The molecule has 184 valence electrons. The Hall–Kier alpha value is -5.33. The van der Waals surface area contributed by atoms with E-state index in [1.54, 1.807) is 0 Å². The van der Waals surface area contributed by atoms with Crippen LogP contribution in [0.25, 0.3) is 43.8 Å². The minimum Gasteiger partial charge on any atom is -0.245 e. The van der Waals surface area contributed by atoms with Crippen LogP contribution in [-0.2, 0) is 0 Å². The summed E-state index contributed by atoms with van der Waals surface area (Å²) in [6.07, 6.45) is 0. The molecule has 3 heteroatoms. The van der Waals surface area contributed by atoms with Crippen molar-refractivity contribution in [1.29, 1.82) is 5.26 Å². The van der Waals surface area contributed by atoms with E-state index in [-0.39, 0.29) is 0 Å². The number of aryl methyl sites for hydroxylation is 1. The number of aliphatic imine (C=N–C) groups is 2. The van der Waals surface area contributed by atoms with Crippen LogP contribution in [0.1, 0.15) is 16.7 Å². The summed E-state index contributed by atoms with van der Waals surface area (Å²) in [5, 5.41) is 13.8. The van der Waals surface area contributed by atoms with Crippen LogP contribution in [-0.4, -0.2) is 12.6 Å². The maximum Gasteiger partial charge on any atom is 0.159 e. The molecule has 0 saturated carbocycles. The molecule has 0 atom stereocenters. The van der Waals surface area contributed by atoms with Crippen LogP contribution >= 0.6 is 0 Å². The largest absolute Gasteiger partial charge is 0.245 e. The van der Waals surface area contributed by atoms with Gasteiger partial charge in [0.25, 0.3) is 0 Å². The molecule has 0 aliphatic heterocycles. The van der Waals surface area contributed by atoms with Gasteiger partial charge in [0, 0.05) is 5.56 Å². The van der Waals surface area contributed by atoms with E-state index in [0.717, 1.165) is 60.6 Å². The molecule has 6 aromatic rings. The molecule has 0 N–H and O–H groups in total. The molecule has 0 saturated heterocycles. The normalized spacial score (nSPS) is 11.4. The smallest absolute Gasteiger partial charge is 0.159 e. The van der Waals surface area contributed by atoms with Gasteiger partial charge in [-0.05, 0) is 105 Å².